The molecule has 144 valence electrons. The molecule has 0 fully saturated rings. The predicted octanol–water partition coefficient (Wildman–Crippen LogP) is 3.79. The second-order valence-electron chi connectivity index (χ2n) is 6.36. The maximum atomic E-state index is 12.6. The van der Waals surface area contributed by atoms with E-state index >= 15 is 0 Å². The van der Waals surface area contributed by atoms with Gasteiger partial charge in [0.1, 0.15) is 0 Å². The molecule has 1 heterocycles. The van der Waals surface area contributed by atoms with E-state index in [-0.39, 0.29) is 11.3 Å². The highest BCUT2D eigenvalue weighted by molar-refractivity contribution is 7.80. The summed E-state index contributed by atoms with van der Waals surface area (Å²) in [7, 11) is 1.28. The summed E-state index contributed by atoms with van der Waals surface area (Å²) >= 11 is 5.54. The number of carbonyl (C=O) groups is 1. The lowest BCUT2D eigenvalue weighted by Crippen LogP contribution is -2.48. The first kappa shape index (κ1) is 19.5. The van der Waals surface area contributed by atoms with E-state index in [1.54, 1.807) is 30.0 Å². The highest BCUT2D eigenvalue weighted by Crippen LogP contribution is 2.37. The third-order valence-electron chi connectivity index (χ3n) is 4.63. The van der Waals surface area contributed by atoms with Gasteiger partial charge in [0.05, 0.1) is 29.2 Å². The Kier molecular flexibility index (Phi) is 5.41. The van der Waals surface area contributed by atoms with Crippen LogP contribution >= 0.6 is 12.2 Å². The maximum absolute atomic E-state index is 12.6. The van der Waals surface area contributed by atoms with Crippen LogP contribution < -0.4 is 10.2 Å². The van der Waals surface area contributed by atoms with E-state index in [1.807, 2.05) is 31.2 Å². The fraction of sp³-hybridized carbons (Fsp3) is 0.200. The quantitative estimate of drug-likeness (QED) is 0.364. The summed E-state index contributed by atoms with van der Waals surface area (Å²) < 4.78 is 4.97. The zero-order valence-corrected chi connectivity index (χ0v) is 16.4. The number of aryl methyl sites for hydroxylation is 1. The number of nitrogens with one attached hydrogen (secondary N) is 1. The van der Waals surface area contributed by atoms with Crippen LogP contribution in [0, 0.1) is 17.0 Å². The van der Waals surface area contributed by atoms with Crippen LogP contribution in [-0.4, -0.2) is 23.1 Å². The molecule has 28 heavy (non-hydrogen) atoms. The first-order valence-electron chi connectivity index (χ1n) is 8.54. The zero-order valence-electron chi connectivity index (χ0n) is 15.6. The molecule has 8 heteroatoms. The van der Waals surface area contributed by atoms with Crippen molar-refractivity contribution in [2.24, 2.45) is 0 Å². The molecule has 0 aromatic heterocycles. The SMILES string of the molecule is COC(=O)C1=C(C)N(c2ccc(C)cc2)C(=S)N[C@H]1c1ccccc1[N+](=O)[O-]. The summed E-state index contributed by atoms with van der Waals surface area (Å²) in [6.07, 6.45) is 0. The third kappa shape index (κ3) is 3.46. The van der Waals surface area contributed by atoms with Gasteiger partial charge < -0.3 is 10.1 Å². The molecule has 2 aromatic rings. The number of esters is 1. The fourth-order valence-electron chi connectivity index (χ4n) is 3.25. The second kappa shape index (κ2) is 7.77. The number of nitro benzene ring substituents is 1. The van der Waals surface area contributed by atoms with E-state index < -0.39 is 16.9 Å². The molecular weight excluding hydrogens is 378 g/mol. The minimum Gasteiger partial charge on any atom is -0.466 e. The molecule has 0 amide bonds. The topological polar surface area (TPSA) is 84.7 Å². The number of ether oxygens (including phenoxy) is 1. The van der Waals surface area contributed by atoms with Gasteiger partial charge in [0, 0.05) is 17.5 Å². The molecular formula is C20H19N3O4S. The summed E-state index contributed by atoms with van der Waals surface area (Å²) in [6.45, 7) is 3.73. The van der Waals surface area contributed by atoms with Crippen LogP contribution in [0.15, 0.2) is 59.8 Å². The van der Waals surface area contributed by atoms with Crippen molar-refractivity contribution in [2.75, 3.05) is 12.0 Å². The molecule has 0 saturated carbocycles. The summed E-state index contributed by atoms with van der Waals surface area (Å²) in [5.74, 6) is -0.576. The number of anilines is 1. The molecule has 3 rings (SSSR count). The molecule has 7 nitrogen and oxygen atoms in total. The van der Waals surface area contributed by atoms with Crippen molar-refractivity contribution in [3.05, 3.63) is 81.0 Å². The van der Waals surface area contributed by atoms with Crippen LogP contribution in [0.1, 0.15) is 24.1 Å². The van der Waals surface area contributed by atoms with Crippen molar-refractivity contribution in [1.82, 2.24) is 5.32 Å². The zero-order chi connectivity index (χ0) is 20.4. The Morgan fingerprint density at radius 1 is 1.18 bits per heavy atom. The van der Waals surface area contributed by atoms with Crippen LogP contribution in [0.2, 0.25) is 0 Å². The average Bonchev–Trinajstić information content (AvgIpc) is 2.68. The Bertz CT molecular complexity index is 985. The van der Waals surface area contributed by atoms with Gasteiger partial charge in [0.15, 0.2) is 5.11 Å². The Hall–Kier alpha value is -3.26. The van der Waals surface area contributed by atoms with Crippen molar-refractivity contribution >= 4 is 34.7 Å². The predicted molar refractivity (Wildman–Crippen MR) is 110 cm³/mol. The Morgan fingerprint density at radius 2 is 1.82 bits per heavy atom. The number of allylic oxidation sites excluding steroid dienone is 1. The first-order valence-corrected chi connectivity index (χ1v) is 8.95. The number of para-hydroxylation sites is 1. The van der Waals surface area contributed by atoms with Crippen LogP contribution in [0.3, 0.4) is 0 Å². The largest absolute Gasteiger partial charge is 0.466 e. The normalized spacial score (nSPS) is 16.6. The molecule has 2 aromatic carbocycles. The summed E-state index contributed by atoms with van der Waals surface area (Å²) in [6, 6.07) is 13.2. The van der Waals surface area contributed by atoms with Gasteiger partial charge in [-0.2, -0.15) is 0 Å². The van der Waals surface area contributed by atoms with Gasteiger partial charge in [-0.25, -0.2) is 4.79 Å². The van der Waals surface area contributed by atoms with Crippen LogP contribution in [0.5, 0.6) is 0 Å². The number of methoxy groups -OCH3 is 1. The summed E-state index contributed by atoms with van der Waals surface area (Å²) in [5, 5.41) is 14.9. The first-order chi connectivity index (χ1) is 13.3. The average molecular weight is 397 g/mol. The van der Waals surface area contributed by atoms with Crippen LogP contribution in [0.4, 0.5) is 11.4 Å². The van der Waals surface area contributed by atoms with E-state index in [4.69, 9.17) is 17.0 Å². The van der Waals surface area contributed by atoms with Gasteiger partial charge in [0.25, 0.3) is 5.69 Å². The van der Waals surface area contributed by atoms with E-state index in [2.05, 4.69) is 5.32 Å². The van der Waals surface area contributed by atoms with Crippen molar-refractivity contribution in [3.63, 3.8) is 0 Å². The van der Waals surface area contributed by atoms with Crippen LogP contribution in [0.25, 0.3) is 0 Å². The minimum absolute atomic E-state index is 0.0965. The molecule has 0 bridgehead atoms. The molecule has 0 radical (unpaired) electrons. The van der Waals surface area contributed by atoms with Gasteiger partial charge in [-0.3, -0.25) is 15.0 Å². The monoisotopic (exact) mass is 397 g/mol. The number of benzene rings is 2. The molecule has 1 aliphatic rings. The van der Waals surface area contributed by atoms with Gasteiger partial charge in [-0.1, -0.05) is 29.8 Å². The number of rotatable bonds is 4. The summed E-state index contributed by atoms with van der Waals surface area (Å²) in [4.78, 5) is 25.4. The lowest BCUT2D eigenvalue weighted by molar-refractivity contribution is -0.385. The maximum Gasteiger partial charge on any atom is 0.337 e. The number of nitro groups is 1. The Morgan fingerprint density at radius 3 is 2.43 bits per heavy atom. The molecule has 1 atom stereocenters. The van der Waals surface area contributed by atoms with Gasteiger partial charge in [0.2, 0.25) is 0 Å². The lowest BCUT2D eigenvalue weighted by atomic mass is 9.93. The van der Waals surface area contributed by atoms with E-state index in [9.17, 15) is 14.9 Å². The van der Waals surface area contributed by atoms with Gasteiger partial charge in [-0.15, -0.1) is 0 Å². The summed E-state index contributed by atoms with van der Waals surface area (Å²) in [5.41, 5.74) is 2.95. The van der Waals surface area contributed by atoms with Crippen molar-refractivity contribution in [3.8, 4) is 0 Å². The highest BCUT2D eigenvalue weighted by Gasteiger charge is 2.37. The lowest BCUT2D eigenvalue weighted by Gasteiger charge is -2.37. The molecule has 0 spiro atoms. The van der Waals surface area contributed by atoms with Gasteiger partial charge >= 0.3 is 5.97 Å². The fourth-order valence-corrected chi connectivity index (χ4v) is 3.61. The molecule has 0 aliphatic carbocycles. The third-order valence-corrected chi connectivity index (χ3v) is 4.93. The number of carbonyl (C=O) groups excluding carboxylic acids is 1. The van der Waals surface area contributed by atoms with Gasteiger partial charge in [-0.05, 0) is 44.3 Å². The van der Waals surface area contributed by atoms with E-state index in [0.29, 0.717) is 16.4 Å². The molecule has 0 saturated heterocycles. The van der Waals surface area contributed by atoms with E-state index in [1.165, 1.54) is 13.2 Å². The van der Waals surface area contributed by atoms with E-state index in [0.717, 1.165) is 11.3 Å². The Balaban J connectivity index is 2.19. The molecule has 1 aliphatic heterocycles. The van der Waals surface area contributed by atoms with Crippen molar-refractivity contribution < 1.29 is 14.5 Å². The second-order valence-corrected chi connectivity index (χ2v) is 6.75. The van der Waals surface area contributed by atoms with Crippen molar-refractivity contribution in [2.45, 2.75) is 19.9 Å². The Labute approximate surface area is 167 Å². The molecule has 1 N–H and O–H groups in total. The smallest absolute Gasteiger partial charge is 0.337 e. The number of hydrogen-bond acceptors (Lipinski definition) is 5. The van der Waals surface area contributed by atoms with Crippen molar-refractivity contribution in [1.29, 1.82) is 0 Å². The standard InChI is InChI=1S/C20H19N3O4S/c1-12-8-10-14(11-9-12)22-13(2)17(19(24)27-3)18(21-20(22)28)15-6-4-5-7-16(15)23(25)26/h4-11,18H,1-3H3,(H,21,28)/t18-/m0/s1. The number of thiocarbonyl (C=S) groups is 1. The van der Waals surface area contributed by atoms with Crippen LogP contribution in [-0.2, 0) is 9.53 Å². The molecule has 0 unspecified atom stereocenters. The number of hydrogen-bond donors (Lipinski definition) is 1. The highest BCUT2D eigenvalue weighted by atomic mass is 32.1. The minimum atomic E-state index is -0.789. The number of nitrogens with zero attached hydrogens (tertiary/aromatic N) is 2.